The molecule has 0 bridgehead atoms. The zero-order valence-electron chi connectivity index (χ0n) is 6.25. The summed E-state index contributed by atoms with van der Waals surface area (Å²) in [6.07, 6.45) is 1.97. The molecule has 68 valence electrons. The highest BCUT2D eigenvalue weighted by molar-refractivity contribution is 7.11. The molecule has 0 amide bonds. The largest absolute Gasteiger partial charge is 0.280 e. The number of rotatable bonds is 3. The normalized spacial score (nSPS) is 10.5. The highest BCUT2D eigenvalue weighted by atomic mass is 32.1. The molecule has 1 aromatic rings. The van der Waals surface area contributed by atoms with Gasteiger partial charge in [0.25, 0.3) is 5.69 Å². The van der Waals surface area contributed by atoms with Gasteiger partial charge in [-0.25, -0.2) is 0 Å². The van der Waals surface area contributed by atoms with Crippen molar-refractivity contribution in [2.45, 2.75) is 0 Å². The molecule has 1 heterocycles. The number of thiophene rings is 1. The van der Waals surface area contributed by atoms with Gasteiger partial charge in [0.2, 0.25) is 6.20 Å². The van der Waals surface area contributed by atoms with Crippen molar-refractivity contribution in [3.63, 3.8) is 0 Å². The summed E-state index contributed by atoms with van der Waals surface area (Å²) in [7, 11) is 0. The average molecular weight is 200 g/mol. The molecule has 0 saturated heterocycles. The Hall–Kier alpha value is -1.76. The van der Waals surface area contributed by atoms with Crippen LogP contribution in [0.2, 0.25) is 0 Å². The predicted octanol–water partition coefficient (Wildman–Crippen LogP) is 1.90. The summed E-state index contributed by atoms with van der Waals surface area (Å²) in [4.78, 5) is 19.4. The molecular weight excluding hydrogens is 196 g/mol. The van der Waals surface area contributed by atoms with Gasteiger partial charge in [0.15, 0.2) is 0 Å². The van der Waals surface area contributed by atoms with Crippen LogP contribution in [0.15, 0.2) is 17.6 Å². The molecule has 7 heteroatoms. The van der Waals surface area contributed by atoms with Crippen LogP contribution in [-0.4, -0.2) is 9.85 Å². The van der Waals surface area contributed by atoms with Crippen LogP contribution in [-0.2, 0) is 0 Å². The Morgan fingerprint density at radius 2 is 2.08 bits per heavy atom. The minimum Gasteiger partial charge on any atom is -0.259 e. The van der Waals surface area contributed by atoms with Gasteiger partial charge in [-0.1, -0.05) is 0 Å². The van der Waals surface area contributed by atoms with Crippen LogP contribution in [0.4, 0.5) is 5.69 Å². The second kappa shape index (κ2) is 3.76. The Balaban J connectivity index is 2.80. The van der Waals surface area contributed by atoms with Crippen molar-refractivity contribution < 1.29 is 9.85 Å². The van der Waals surface area contributed by atoms with Crippen LogP contribution in [0.3, 0.4) is 0 Å². The van der Waals surface area contributed by atoms with Crippen LogP contribution in [0.5, 0.6) is 0 Å². The Labute approximate surface area is 76.4 Å². The van der Waals surface area contributed by atoms with Gasteiger partial charge in [0, 0.05) is 17.0 Å². The van der Waals surface area contributed by atoms with E-state index in [0.29, 0.717) is 4.88 Å². The van der Waals surface area contributed by atoms with Crippen LogP contribution < -0.4 is 0 Å². The van der Waals surface area contributed by atoms with E-state index in [4.69, 9.17) is 0 Å². The number of hydrogen-bond acceptors (Lipinski definition) is 5. The lowest BCUT2D eigenvalue weighted by atomic mass is 10.4. The standard InChI is InChI=1S/C6H4N2O4S/c9-7(10)2-1-6-3-5(4-13-6)8(11)12/h1-4H. The number of nitrogens with zero attached hydrogens (tertiary/aromatic N) is 2. The summed E-state index contributed by atoms with van der Waals surface area (Å²) in [5.41, 5.74) is -0.0482. The average Bonchev–Trinajstić information content (AvgIpc) is 2.48. The zero-order valence-corrected chi connectivity index (χ0v) is 7.06. The topological polar surface area (TPSA) is 86.3 Å². The van der Waals surface area contributed by atoms with Crippen LogP contribution in [0.25, 0.3) is 6.08 Å². The highest BCUT2D eigenvalue weighted by Crippen LogP contribution is 2.22. The Morgan fingerprint density at radius 1 is 1.38 bits per heavy atom. The first kappa shape index (κ1) is 9.33. The summed E-state index contributed by atoms with van der Waals surface area (Å²) in [6.45, 7) is 0. The number of nitro groups is 2. The SMILES string of the molecule is O=[N+]([O-])C=Cc1cc([N+](=O)[O-])cs1. The minimum atomic E-state index is -0.619. The van der Waals surface area contributed by atoms with E-state index in [1.54, 1.807) is 0 Å². The molecule has 0 aliphatic heterocycles. The van der Waals surface area contributed by atoms with Gasteiger partial charge < -0.3 is 0 Å². The van der Waals surface area contributed by atoms with E-state index < -0.39 is 9.85 Å². The minimum absolute atomic E-state index is 0.0482. The quantitative estimate of drug-likeness (QED) is 0.550. The lowest BCUT2D eigenvalue weighted by Crippen LogP contribution is -1.83. The molecule has 0 spiro atoms. The highest BCUT2D eigenvalue weighted by Gasteiger charge is 2.07. The van der Waals surface area contributed by atoms with Crippen molar-refractivity contribution in [2.24, 2.45) is 0 Å². The van der Waals surface area contributed by atoms with Crippen LogP contribution >= 0.6 is 11.3 Å². The van der Waals surface area contributed by atoms with Gasteiger partial charge >= 0.3 is 0 Å². The Bertz CT molecular complexity index is 370. The van der Waals surface area contributed by atoms with Gasteiger partial charge in [-0.3, -0.25) is 20.2 Å². The molecule has 0 fully saturated rings. The van der Waals surface area contributed by atoms with Crippen molar-refractivity contribution in [1.29, 1.82) is 0 Å². The predicted molar refractivity (Wildman–Crippen MR) is 47.0 cm³/mol. The third-order valence-corrected chi connectivity index (χ3v) is 2.06. The molecule has 0 aliphatic carbocycles. The second-order valence-corrected chi connectivity index (χ2v) is 3.01. The third kappa shape index (κ3) is 2.64. The summed E-state index contributed by atoms with van der Waals surface area (Å²) in [6, 6.07) is 1.28. The van der Waals surface area contributed by atoms with Gasteiger partial charge in [0.05, 0.1) is 15.2 Å². The zero-order chi connectivity index (χ0) is 9.84. The van der Waals surface area contributed by atoms with Gasteiger partial charge in [-0.05, 0) is 0 Å². The lowest BCUT2D eigenvalue weighted by Gasteiger charge is -1.79. The summed E-state index contributed by atoms with van der Waals surface area (Å²) >= 11 is 1.09. The third-order valence-electron chi connectivity index (χ3n) is 1.18. The molecule has 0 atom stereocenters. The maximum atomic E-state index is 10.2. The van der Waals surface area contributed by atoms with Crippen molar-refractivity contribution >= 4 is 23.1 Å². The van der Waals surface area contributed by atoms with E-state index in [2.05, 4.69) is 0 Å². The van der Waals surface area contributed by atoms with Gasteiger partial charge in [-0.15, -0.1) is 11.3 Å². The Kier molecular flexibility index (Phi) is 2.70. The molecular formula is C6H4N2O4S. The summed E-state index contributed by atoms with van der Waals surface area (Å²) < 4.78 is 0. The fourth-order valence-corrected chi connectivity index (χ4v) is 1.40. The van der Waals surface area contributed by atoms with Gasteiger partial charge in [0.1, 0.15) is 0 Å². The fourth-order valence-electron chi connectivity index (χ4n) is 0.660. The first-order valence-corrected chi connectivity index (χ1v) is 4.02. The van der Waals surface area contributed by atoms with E-state index in [1.165, 1.54) is 17.5 Å². The van der Waals surface area contributed by atoms with Crippen molar-refractivity contribution in [3.8, 4) is 0 Å². The van der Waals surface area contributed by atoms with Gasteiger partial charge in [-0.2, -0.15) is 0 Å². The lowest BCUT2D eigenvalue weighted by molar-refractivity contribution is -0.400. The molecule has 0 unspecified atom stereocenters. The summed E-state index contributed by atoms with van der Waals surface area (Å²) in [5.74, 6) is 0. The molecule has 0 N–H and O–H groups in total. The molecule has 1 aromatic heterocycles. The monoisotopic (exact) mass is 200 g/mol. The fraction of sp³-hybridized carbons (Fsp3) is 0. The van der Waals surface area contributed by atoms with E-state index in [-0.39, 0.29) is 5.69 Å². The van der Waals surface area contributed by atoms with Crippen molar-refractivity contribution in [3.05, 3.63) is 42.8 Å². The molecule has 6 nitrogen and oxygen atoms in total. The van der Waals surface area contributed by atoms with Crippen LogP contribution in [0, 0.1) is 20.2 Å². The number of hydrogen-bond donors (Lipinski definition) is 0. The first-order valence-electron chi connectivity index (χ1n) is 3.14. The maximum Gasteiger partial charge on any atom is 0.280 e. The molecule has 0 aliphatic rings. The molecule has 13 heavy (non-hydrogen) atoms. The smallest absolute Gasteiger partial charge is 0.259 e. The van der Waals surface area contributed by atoms with E-state index in [0.717, 1.165) is 17.5 Å². The van der Waals surface area contributed by atoms with Crippen LogP contribution in [0.1, 0.15) is 4.88 Å². The maximum absolute atomic E-state index is 10.2. The van der Waals surface area contributed by atoms with Crippen molar-refractivity contribution in [1.82, 2.24) is 0 Å². The van der Waals surface area contributed by atoms with E-state index in [1.807, 2.05) is 0 Å². The van der Waals surface area contributed by atoms with Crippen molar-refractivity contribution in [2.75, 3.05) is 0 Å². The second-order valence-electron chi connectivity index (χ2n) is 2.07. The van der Waals surface area contributed by atoms with E-state index in [9.17, 15) is 20.2 Å². The molecule has 0 radical (unpaired) electrons. The Morgan fingerprint density at radius 3 is 2.54 bits per heavy atom. The summed E-state index contributed by atoms with van der Waals surface area (Å²) in [5, 5.41) is 21.4. The molecule has 1 rings (SSSR count). The molecule has 0 saturated carbocycles. The van der Waals surface area contributed by atoms with E-state index >= 15 is 0 Å². The first-order chi connectivity index (χ1) is 6.09. The molecule has 0 aromatic carbocycles.